The van der Waals surface area contributed by atoms with E-state index in [-0.39, 0.29) is 18.2 Å². The summed E-state index contributed by atoms with van der Waals surface area (Å²) in [6, 6.07) is 10.3. The van der Waals surface area contributed by atoms with Crippen LogP contribution < -0.4 is 11.1 Å². The summed E-state index contributed by atoms with van der Waals surface area (Å²) >= 11 is 6.99. The second-order valence-corrected chi connectivity index (χ2v) is 5.61. The Hall–Kier alpha value is -1.85. The maximum Gasteiger partial charge on any atom is 0.265 e. The zero-order valence-corrected chi connectivity index (χ0v) is 11.4. The highest BCUT2D eigenvalue weighted by molar-refractivity contribution is 7.18. The van der Waals surface area contributed by atoms with Gasteiger partial charge in [0.05, 0.1) is 15.6 Å². The maximum absolute atomic E-state index is 11.9. The van der Waals surface area contributed by atoms with Crippen LogP contribution >= 0.6 is 22.9 Å². The van der Waals surface area contributed by atoms with Crippen molar-refractivity contribution in [2.45, 2.75) is 6.42 Å². The van der Waals surface area contributed by atoms with E-state index in [9.17, 15) is 9.59 Å². The third-order valence-electron chi connectivity index (χ3n) is 2.39. The third-order valence-corrected chi connectivity index (χ3v) is 3.62. The Kier molecular flexibility index (Phi) is 4.19. The molecule has 4 nitrogen and oxygen atoms in total. The van der Waals surface area contributed by atoms with Gasteiger partial charge in [0.25, 0.3) is 5.91 Å². The van der Waals surface area contributed by atoms with Crippen LogP contribution in [0.15, 0.2) is 36.4 Å². The number of hydrogen-bond donors (Lipinski definition) is 2. The molecule has 0 atom stereocenters. The van der Waals surface area contributed by atoms with Crippen molar-refractivity contribution in [1.82, 2.24) is 0 Å². The highest BCUT2D eigenvalue weighted by Gasteiger charge is 2.08. The summed E-state index contributed by atoms with van der Waals surface area (Å²) in [5, 5.41) is 2.75. The molecule has 0 unspecified atom stereocenters. The lowest BCUT2D eigenvalue weighted by molar-refractivity contribution is -0.117. The van der Waals surface area contributed by atoms with Gasteiger partial charge >= 0.3 is 0 Å². The molecule has 2 rings (SSSR count). The van der Waals surface area contributed by atoms with Gasteiger partial charge in [-0.2, -0.15) is 0 Å². The molecule has 3 N–H and O–H groups in total. The number of benzene rings is 1. The lowest BCUT2D eigenvalue weighted by Gasteiger charge is -2.04. The third kappa shape index (κ3) is 3.81. The first-order valence-electron chi connectivity index (χ1n) is 5.48. The molecule has 0 aliphatic carbocycles. The van der Waals surface area contributed by atoms with Gasteiger partial charge in [-0.1, -0.05) is 23.7 Å². The van der Waals surface area contributed by atoms with Gasteiger partial charge in [-0.15, -0.1) is 11.3 Å². The monoisotopic (exact) mass is 294 g/mol. The topological polar surface area (TPSA) is 72.2 Å². The zero-order chi connectivity index (χ0) is 13.8. The molecule has 0 bridgehead atoms. The number of carbonyl (C=O) groups excluding carboxylic acids is 2. The molecule has 6 heteroatoms. The van der Waals surface area contributed by atoms with E-state index in [1.54, 1.807) is 36.4 Å². The minimum atomic E-state index is -0.384. The van der Waals surface area contributed by atoms with E-state index in [2.05, 4.69) is 5.32 Å². The van der Waals surface area contributed by atoms with E-state index in [1.807, 2.05) is 0 Å². The van der Waals surface area contributed by atoms with Crippen LogP contribution in [0.3, 0.4) is 0 Å². The Morgan fingerprint density at radius 2 is 1.84 bits per heavy atom. The van der Waals surface area contributed by atoms with Crippen molar-refractivity contribution >= 4 is 40.4 Å². The molecule has 2 aromatic rings. The molecule has 0 radical (unpaired) electrons. The Bertz CT molecular complexity index is 607. The van der Waals surface area contributed by atoms with Crippen molar-refractivity contribution in [1.29, 1.82) is 0 Å². The van der Waals surface area contributed by atoms with Crippen LogP contribution in [0.5, 0.6) is 0 Å². The summed E-state index contributed by atoms with van der Waals surface area (Å²) in [6.45, 7) is 0. The first kappa shape index (κ1) is 13.6. The van der Waals surface area contributed by atoms with Crippen LogP contribution in [0.4, 0.5) is 5.69 Å². The fourth-order valence-corrected chi connectivity index (χ4v) is 2.47. The molecular weight excluding hydrogens is 284 g/mol. The van der Waals surface area contributed by atoms with Gasteiger partial charge in [-0.3, -0.25) is 9.59 Å². The van der Waals surface area contributed by atoms with Gasteiger partial charge in [0.2, 0.25) is 5.91 Å². The summed E-state index contributed by atoms with van der Waals surface area (Å²) in [5.74, 6) is -0.593. The summed E-state index contributed by atoms with van der Waals surface area (Å²) in [6.07, 6.45) is 0.189. The summed E-state index contributed by atoms with van der Waals surface area (Å²) in [4.78, 5) is 23.2. The van der Waals surface area contributed by atoms with E-state index < -0.39 is 0 Å². The van der Waals surface area contributed by atoms with Crippen molar-refractivity contribution in [2.75, 3.05) is 5.32 Å². The summed E-state index contributed by atoms with van der Waals surface area (Å²) in [7, 11) is 0. The van der Waals surface area contributed by atoms with E-state index in [0.29, 0.717) is 14.9 Å². The quantitative estimate of drug-likeness (QED) is 0.910. The lowest BCUT2D eigenvalue weighted by Crippen LogP contribution is -2.14. The van der Waals surface area contributed by atoms with Gasteiger partial charge in [0.15, 0.2) is 0 Å². The number of primary amides is 1. The SMILES string of the molecule is NC(=O)Cc1ccc(NC(=O)c2ccc(Cl)s2)cc1. The van der Waals surface area contributed by atoms with Crippen LogP contribution in [0.25, 0.3) is 0 Å². The van der Waals surface area contributed by atoms with E-state index in [1.165, 1.54) is 11.3 Å². The summed E-state index contributed by atoms with van der Waals surface area (Å²) < 4.78 is 0.571. The Morgan fingerprint density at radius 1 is 1.16 bits per heavy atom. The molecule has 1 aromatic carbocycles. The number of amides is 2. The number of hydrogen-bond acceptors (Lipinski definition) is 3. The van der Waals surface area contributed by atoms with Crippen molar-refractivity contribution in [3.05, 3.63) is 51.2 Å². The maximum atomic E-state index is 11.9. The van der Waals surface area contributed by atoms with Crippen molar-refractivity contribution in [2.24, 2.45) is 5.73 Å². The normalized spacial score (nSPS) is 10.2. The van der Waals surface area contributed by atoms with Crippen molar-refractivity contribution < 1.29 is 9.59 Å². The fourth-order valence-electron chi connectivity index (χ4n) is 1.54. The van der Waals surface area contributed by atoms with E-state index >= 15 is 0 Å². The average Bonchev–Trinajstić information content (AvgIpc) is 2.78. The van der Waals surface area contributed by atoms with Gasteiger partial charge in [-0.05, 0) is 29.8 Å². The highest BCUT2D eigenvalue weighted by atomic mass is 35.5. The van der Waals surface area contributed by atoms with Gasteiger partial charge in [0, 0.05) is 5.69 Å². The zero-order valence-electron chi connectivity index (χ0n) is 9.85. The van der Waals surface area contributed by atoms with Crippen molar-refractivity contribution in [3.8, 4) is 0 Å². The number of carbonyl (C=O) groups is 2. The molecule has 0 spiro atoms. The van der Waals surface area contributed by atoms with Crippen LogP contribution in [0, 0.1) is 0 Å². The predicted molar refractivity (Wildman–Crippen MR) is 76.6 cm³/mol. The molecule has 0 saturated carbocycles. The number of thiophene rings is 1. The molecule has 0 fully saturated rings. The average molecular weight is 295 g/mol. The van der Waals surface area contributed by atoms with E-state index in [4.69, 9.17) is 17.3 Å². The molecule has 0 aliphatic heterocycles. The Labute approximate surface area is 119 Å². The number of rotatable bonds is 4. The first-order chi connectivity index (χ1) is 9.04. The minimum Gasteiger partial charge on any atom is -0.369 e. The van der Waals surface area contributed by atoms with Crippen LogP contribution in [-0.4, -0.2) is 11.8 Å². The van der Waals surface area contributed by atoms with Crippen LogP contribution in [-0.2, 0) is 11.2 Å². The minimum absolute atomic E-state index is 0.189. The molecule has 19 heavy (non-hydrogen) atoms. The number of halogens is 1. The Morgan fingerprint density at radius 3 is 2.37 bits per heavy atom. The van der Waals surface area contributed by atoms with Gasteiger partial charge in [0.1, 0.15) is 0 Å². The molecule has 2 amide bonds. The van der Waals surface area contributed by atoms with Crippen LogP contribution in [0.1, 0.15) is 15.2 Å². The first-order valence-corrected chi connectivity index (χ1v) is 6.68. The predicted octanol–water partition coefficient (Wildman–Crippen LogP) is 2.68. The molecule has 1 aromatic heterocycles. The van der Waals surface area contributed by atoms with Crippen LogP contribution in [0.2, 0.25) is 4.34 Å². The highest BCUT2D eigenvalue weighted by Crippen LogP contribution is 2.22. The smallest absolute Gasteiger partial charge is 0.265 e. The number of anilines is 1. The standard InChI is InChI=1S/C13H11ClN2O2S/c14-11-6-5-10(19-11)13(18)16-9-3-1-8(2-4-9)7-12(15)17/h1-6H,7H2,(H2,15,17)(H,16,18). The molecule has 0 aliphatic rings. The van der Waals surface area contributed by atoms with E-state index in [0.717, 1.165) is 5.56 Å². The van der Waals surface area contributed by atoms with Crippen molar-refractivity contribution in [3.63, 3.8) is 0 Å². The molecule has 98 valence electrons. The summed E-state index contributed by atoms with van der Waals surface area (Å²) in [5.41, 5.74) is 6.57. The molecule has 1 heterocycles. The fraction of sp³-hybridized carbons (Fsp3) is 0.0769. The largest absolute Gasteiger partial charge is 0.369 e. The van der Waals surface area contributed by atoms with Gasteiger partial charge in [-0.25, -0.2) is 0 Å². The number of nitrogens with two attached hydrogens (primary N) is 1. The lowest BCUT2D eigenvalue weighted by atomic mass is 10.1. The second kappa shape index (κ2) is 5.86. The molecular formula is C13H11ClN2O2S. The molecule has 0 saturated heterocycles. The number of nitrogens with one attached hydrogen (secondary N) is 1. The second-order valence-electron chi connectivity index (χ2n) is 3.90. The van der Waals surface area contributed by atoms with Gasteiger partial charge < -0.3 is 11.1 Å². The Balaban J connectivity index is 2.03.